The van der Waals surface area contributed by atoms with Gasteiger partial charge < -0.3 is 5.32 Å². The molecule has 122 valence electrons. The number of hydrogen-bond acceptors (Lipinski definition) is 4. The lowest BCUT2D eigenvalue weighted by Gasteiger charge is -2.04. The Morgan fingerprint density at radius 3 is 2.79 bits per heavy atom. The van der Waals surface area contributed by atoms with E-state index >= 15 is 0 Å². The number of rotatable bonds is 6. The van der Waals surface area contributed by atoms with Crippen LogP contribution in [0.3, 0.4) is 0 Å². The fourth-order valence-electron chi connectivity index (χ4n) is 2.23. The summed E-state index contributed by atoms with van der Waals surface area (Å²) in [7, 11) is 0. The monoisotopic (exact) mass is 341 g/mol. The lowest BCUT2D eigenvalue weighted by molar-refractivity contribution is -0.120. The summed E-state index contributed by atoms with van der Waals surface area (Å²) in [6, 6.07) is 9.81. The molecule has 0 unspecified atom stereocenters. The summed E-state index contributed by atoms with van der Waals surface area (Å²) in [6.07, 6.45) is 4.44. The Kier molecular flexibility index (Phi) is 5.28. The van der Waals surface area contributed by atoms with Crippen molar-refractivity contribution in [3.05, 3.63) is 70.6 Å². The van der Waals surface area contributed by atoms with Crippen molar-refractivity contribution < 1.29 is 9.18 Å². The maximum atomic E-state index is 12.8. The number of nitrogens with one attached hydrogen (secondary N) is 1. The molecule has 3 rings (SSSR count). The molecule has 0 bridgehead atoms. The van der Waals surface area contributed by atoms with Crippen molar-refractivity contribution in [2.45, 2.75) is 12.8 Å². The van der Waals surface area contributed by atoms with Crippen molar-refractivity contribution in [1.82, 2.24) is 15.3 Å². The van der Waals surface area contributed by atoms with Crippen LogP contribution in [0.15, 0.2) is 54.2 Å². The van der Waals surface area contributed by atoms with Crippen LogP contribution >= 0.6 is 11.3 Å². The molecule has 1 aromatic carbocycles. The van der Waals surface area contributed by atoms with Crippen LogP contribution in [0.4, 0.5) is 4.39 Å². The van der Waals surface area contributed by atoms with Crippen molar-refractivity contribution in [3.63, 3.8) is 0 Å². The number of amides is 1. The minimum Gasteiger partial charge on any atom is -0.355 e. The molecule has 0 saturated carbocycles. The summed E-state index contributed by atoms with van der Waals surface area (Å²) in [4.78, 5) is 20.5. The Labute approximate surface area is 143 Å². The largest absolute Gasteiger partial charge is 0.355 e. The van der Waals surface area contributed by atoms with E-state index in [2.05, 4.69) is 15.3 Å². The SMILES string of the molecule is O=C(Cc1ccc(F)cc1)NCCc1nc(-c2cccnc2)cs1. The Bertz CT molecular complexity index is 803. The van der Waals surface area contributed by atoms with Crippen LogP contribution in [0.2, 0.25) is 0 Å². The van der Waals surface area contributed by atoms with Gasteiger partial charge in [-0.05, 0) is 29.8 Å². The van der Waals surface area contributed by atoms with E-state index in [4.69, 9.17) is 0 Å². The van der Waals surface area contributed by atoms with Gasteiger partial charge in [-0.15, -0.1) is 11.3 Å². The van der Waals surface area contributed by atoms with E-state index in [1.54, 1.807) is 35.9 Å². The molecule has 0 fully saturated rings. The van der Waals surface area contributed by atoms with E-state index in [-0.39, 0.29) is 18.1 Å². The smallest absolute Gasteiger partial charge is 0.224 e. The third-order valence-electron chi connectivity index (χ3n) is 3.45. The van der Waals surface area contributed by atoms with E-state index in [1.165, 1.54) is 12.1 Å². The standard InChI is InChI=1S/C18H16FN3OS/c19-15-5-3-13(4-6-15)10-17(23)21-9-7-18-22-16(12-24-18)14-2-1-8-20-11-14/h1-6,8,11-12H,7,9-10H2,(H,21,23). The zero-order valence-corrected chi connectivity index (χ0v) is 13.7. The third kappa shape index (κ3) is 4.45. The van der Waals surface area contributed by atoms with E-state index in [0.29, 0.717) is 13.0 Å². The molecule has 0 aliphatic carbocycles. The van der Waals surface area contributed by atoms with Gasteiger partial charge in [0, 0.05) is 36.3 Å². The van der Waals surface area contributed by atoms with Gasteiger partial charge in [-0.1, -0.05) is 12.1 Å². The second kappa shape index (κ2) is 7.79. The van der Waals surface area contributed by atoms with E-state index in [1.807, 2.05) is 17.5 Å². The fraction of sp³-hybridized carbons (Fsp3) is 0.167. The normalized spacial score (nSPS) is 10.5. The Morgan fingerprint density at radius 2 is 2.04 bits per heavy atom. The molecular weight excluding hydrogens is 325 g/mol. The predicted octanol–water partition coefficient (Wildman–Crippen LogP) is 3.25. The van der Waals surface area contributed by atoms with Crippen LogP contribution in [0.1, 0.15) is 10.6 Å². The third-order valence-corrected chi connectivity index (χ3v) is 4.36. The van der Waals surface area contributed by atoms with Gasteiger partial charge in [-0.2, -0.15) is 0 Å². The number of halogens is 1. The summed E-state index contributed by atoms with van der Waals surface area (Å²) in [6.45, 7) is 0.528. The molecule has 3 aromatic rings. The molecule has 6 heteroatoms. The summed E-state index contributed by atoms with van der Waals surface area (Å²) in [5, 5.41) is 5.83. The van der Waals surface area contributed by atoms with Crippen molar-refractivity contribution >= 4 is 17.2 Å². The van der Waals surface area contributed by atoms with Crippen molar-refractivity contribution in [2.24, 2.45) is 0 Å². The van der Waals surface area contributed by atoms with Crippen molar-refractivity contribution in [1.29, 1.82) is 0 Å². The van der Waals surface area contributed by atoms with Gasteiger partial charge in [0.05, 0.1) is 17.1 Å². The lowest BCUT2D eigenvalue weighted by Crippen LogP contribution is -2.27. The van der Waals surface area contributed by atoms with Gasteiger partial charge in [0.2, 0.25) is 5.91 Å². The number of pyridine rings is 1. The second-order valence-corrected chi connectivity index (χ2v) is 6.21. The minimum atomic E-state index is -0.299. The highest BCUT2D eigenvalue weighted by Gasteiger charge is 2.06. The van der Waals surface area contributed by atoms with Gasteiger partial charge >= 0.3 is 0 Å². The van der Waals surface area contributed by atoms with Gasteiger partial charge in [-0.25, -0.2) is 9.37 Å². The second-order valence-electron chi connectivity index (χ2n) is 5.27. The summed E-state index contributed by atoms with van der Waals surface area (Å²) < 4.78 is 12.8. The van der Waals surface area contributed by atoms with Crippen LogP contribution < -0.4 is 5.32 Å². The molecule has 4 nitrogen and oxygen atoms in total. The summed E-state index contributed by atoms with van der Waals surface area (Å²) in [5.41, 5.74) is 2.68. The molecule has 0 saturated heterocycles. The maximum absolute atomic E-state index is 12.8. The number of carbonyl (C=O) groups is 1. The number of benzene rings is 1. The van der Waals surface area contributed by atoms with Crippen LogP contribution in [0.5, 0.6) is 0 Å². The summed E-state index contributed by atoms with van der Waals surface area (Å²) >= 11 is 1.57. The van der Waals surface area contributed by atoms with Gasteiger partial charge in [0.25, 0.3) is 0 Å². The summed E-state index contributed by atoms with van der Waals surface area (Å²) in [5.74, 6) is -0.377. The van der Waals surface area contributed by atoms with Crippen LogP contribution in [-0.2, 0) is 17.6 Å². The zero-order chi connectivity index (χ0) is 16.8. The predicted molar refractivity (Wildman–Crippen MR) is 92.2 cm³/mol. The topological polar surface area (TPSA) is 54.9 Å². The molecule has 2 heterocycles. The number of nitrogens with zero attached hydrogens (tertiary/aromatic N) is 2. The first-order valence-corrected chi connectivity index (χ1v) is 8.44. The van der Waals surface area contributed by atoms with Crippen LogP contribution in [-0.4, -0.2) is 22.4 Å². The van der Waals surface area contributed by atoms with Gasteiger partial charge in [0.1, 0.15) is 5.82 Å². The minimum absolute atomic E-state index is 0.0781. The average Bonchev–Trinajstić information content (AvgIpc) is 3.07. The van der Waals surface area contributed by atoms with E-state index in [0.717, 1.165) is 21.8 Å². The van der Waals surface area contributed by atoms with Gasteiger partial charge in [0.15, 0.2) is 0 Å². The molecule has 24 heavy (non-hydrogen) atoms. The first-order valence-electron chi connectivity index (χ1n) is 7.56. The number of thiazole rings is 1. The molecule has 0 atom stereocenters. The first-order chi connectivity index (χ1) is 11.7. The first kappa shape index (κ1) is 16.3. The highest BCUT2D eigenvalue weighted by molar-refractivity contribution is 7.09. The highest BCUT2D eigenvalue weighted by Crippen LogP contribution is 2.20. The molecule has 1 N–H and O–H groups in total. The maximum Gasteiger partial charge on any atom is 0.224 e. The number of carbonyl (C=O) groups excluding carboxylic acids is 1. The number of hydrogen-bond donors (Lipinski definition) is 1. The number of aromatic nitrogens is 2. The molecule has 2 aromatic heterocycles. The zero-order valence-electron chi connectivity index (χ0n) is 12.9. The molecule has 0 radical (unpaired) electrons. The molecular formula is C18H16FN3OS. The Morgan fingerprint density at radius 1 is 1.21 bits per heavy atom. The lowest BCUT2D eigenvalue weighted by atomic mass is 10.1. The fourth-order valence-corrected chi connectivity index (χ4v) is 3.04. The van der Waals surface area contributed by atoms with Crippen LogP contribution in [0, 0.1) is 5.82 Å². The van der Waals surface area contributed by atoms with E-state index in [9.17, 15) is 9.18 Å². The molecule has 0 aliphatic rings. The highest BCUT2D eigenvalue weighted by atomic mass is 32.1. The van der Waals surface area contributed by atoms with Crippen molar-refractivity contribution in [3.8, 4) is 11.3 Å². The van der Waals surface area contributed by atoms with Gasteiger partial charge in [-0.3, -0.25) is 9.78 Å². The average molecular weight is 341 g/mol. The quantitative estimate of drug-likeness (QED) is 0.749. The van der Waals surface area contributed by atoms with Crippen LogP contribution in [0.25, 0.3) is 11.3 Å². The Balaban J connectivity index is 1.47. The molecule has 0 aliphatic heterocycles. The molecule has 0 spiro atoms. The Hall–Kier alpha value is -2.60. The van der Waals surface area contributed by atoms with E-state index < -0.39 is 0 Å². The van der Waals surface area contributed by atoms with Crippen molar-refractivity contribution in [2.75, 3.05) is 6.54 Å². The molecule has 1 amide bonds.